The van der Waals surface area contributed by atoms with E-state index in [-0.39, 0.29) is 23.6 Å². The van der Waals surface area contributed by atoms with E-state index in [0.717, 1.165) is 16.9 Å². The van der Waals surface area contributed by atoms with Crippen molar-refractivity contribution in [1.29, 1.82) is 0 Å². The molecule has 0 bridgehead atoms. The van der Waals surface area contributed by atoms with Crippen LogP contribution in [0.3, 0.4) is 0 Å². The van der Waals surface area contributed by atoms with Gasteiger partial charge in [-0.2, -0.15) is 5.10 Å². The number of aromatic nitrogens is 2. The highest BCUT2D eigenvalue weighted by Gasteiger charge is 2.21. The Morgan fingerprint density at radius 1 is 1.06 bits per heavy atom. The highest BCUT2D eigenvalue weighted by atomic mass is 35.5. The first-order valence-corrected chi connectivity index (χ1v) is 12.8. The number of amides is 1. The van der Waals surface area contributed by atoms with E-state index >= 15 is 0 Å². The minimum absolute atomic E-state index is 0.0629. The lowest BCUT2D eigenvalue weighted by Crippen LogP contribution is -2.31. The molecule has 0 aliphatic carbocycles. The molecule has 0 fully saturated rings. The van der Waals surface area contributed by atoms with Crippen LogP contribution in [0.1, 0.15) is 60.8 Å². The Labute approximate surface area is 200 Å². The van der Waals surface area contributed by atoms with E-state index in [1.807, 2.05) is 38.1 Å². The van der Waals surface area contributed by atoms with Gasteiger partial charge in [0.25, 0.3) is 5.91 Å². The molecule has 1 heterocycles. The zero-order valence-electron chi connectivity index (χ0n) is 19.2. The number of benzene rings is 2. The van der Waals surface area contributed by atoms with Crippen LogP contribution in [-0.4, -0.2) is 30.1 Å². The summed E-state index contributed by atoms with van der Waals surface area (Å²) in [4.78, 5) is 12.9. The fourth-order valence-electron chi connectivity index (χ4n) is 3.55. The predicted octanol–water partition coefficient (Wildman–Crippen LogP) is 4.41. The van der Waals surface area contributed by atoms with E-state index < -0.39 is 10.0 Å². The Bertz CT molecular complexity index is 1220. The molecule has 0 aliphatic rings. The second-order valence-corrected chi connectivity index (χ2v) is 10.7. The van der Waals surface area contributed by atoms with Gasteiger partial charge in [0.2, 0.25) is 10.0 Å². The van der Waals surface area contributed by atoms with Gasteiger partial charge < -0.3 is 5.32 Å². The summed E-state index contributed by atoms with van der Waals surface area (Å²) in [6, 6.07) is 14.3. The summed E-state index contributed by atoms with van der Waals surface area (Å²) in [5.74, 6) is -0.245. The summed E-state index contributed by atoms with van der Waals surface area (Å²) < 4.78 is 28.5. The molecule has 176 valence electrons. The summed E-state index contributed by atoms with van der Waals surface area (Å²) in [5.41, 5.74) is 3.65. The molecule has 2 N–H and O–H groups in total. The molecule has 3 aromatic rings. The van der Waals surface area contributed by atoms with Crippen LogP contribution in [0.5, 0.6) is 0 Å². The molecule has 0 atom stereocenters. The number of hydrogen-bond donors (Lipinski definition) is 2. The molecular formula is C24H29ClN4O3S. The minimum Gasteiger partial charge on any atom is -0.348 e. The van der Waals surface area contributed by atoms with Crippen molar-refractivity contribution in [3.05, 3.63) is 82.1 Å². The quantitative estimate of drug-likeness (QED) is 0.466. The van der Waals surface area contributed by atoms with E-state index in [4.69, 9.17) is 11.6 Å². The van der Waals surface area contributed by atoms with Crippen molar-refractivity contribution < 1.29 is 13.2 Å². The minimum atomic E-state index is -3.38. The van der Waals surface area contributed by atoms with Gasteiger partial charge in [-0.05, 0) is 49.1 Å². The highest BCUT2D eigenvalue weighted by Crippen LogP contribution is 2.24. The largest absolute Gasteiger partial charge is 0.348 e. The topological polar surface area (TPSA) is 93.1 Å². The summed E-state index contributed by atoms with van der Waals surface area (Å²) in [5, 5.41) is 7.95. The van der Waals surface area contributed by atoms with Crippen LogP contribution in [-0.2, 0) is 22.3 Å². The van der Waals surface area contributed by atoms with Crippen LogP contribution < -0.4 is 10.0 Å². The summed E-state index contributed by atoms with van der Waals surface area (Å²) >= 11 is 6.12. The smallest absolute Gasteiger partial charge is 0.255 e. The molecule has 0 saturated heterocycles. The van der Waals surface area contributed by atoms with Crippen LogP contribution >= 0.6 is 11.6 Å². The van der Waals surface area contributed by atoms with Gasteiger partial charge in [0.15, 0.2) is 0 Å². The second kappa shape index (κ2) is 10.5. The third-order valence-electron chi connectivity index (χ3n) is 4.90. The lowest BCUT2D eigenvalue weighted by atomic mass is 10.0. The lowest BCUT2D eigenvalue weighted by Gasteiger charge is -2.13. The molecule has 3 rings (SSSR count). The van der Waals surface area contributed by atoms with Gasteiger partial charge in [0, 0.05) is 17.6 Å². The molecule has 33 heavy (non-hydrogen) atoms. The van der Waals surface area contributed by atoms with Crippen molar-refractivity contribution in [3.63, 3.8) is 0 Å². The number of nitrogens with one attached hydrogen (secondary N) is 2. The first-order valence-electron chi connectivity index (χ1n) is 10.8. The average Bonchev–Trinajstić information content (AvgIpc) is 3.17. The number of carbonyl (C=O) groups excluding carboxylic acids is 1. The van der Waals surface area contributed by atoms with Crippen molar-refractivity contribution in [2.75, 3.05) is 0 Å². The fraction of sp³-hybridized carbons (Fsp3) is 0.333. The summed E-state index contributed by atoms with van der Waals surface area (Å²) in [6.07, 6.45) is 1.57. The SMILES string of the molecule is CC(C)NS(=O)(=O)Cc1ccc(CNC(=O)c2cnn(-c3cccc(Cl)c3)c2C(C)C)cc1. The number of hydrogen-bond acceptors (Lipinski definition) is 4. The number of halogens is 1. The van der Waals surface area contributed by atoms with E-state index in [2.05, 4.69) is 15.1 Å². The van der Waals surface area contributed by atoms with E-state index in [1.165, 1.54) is 0 Å². The molecule has 0 saturated carbocycles. The third-order valence-corrected chi connectivity index (χ3v) is 6.68. The molecule has 2 aromatic carbocycles. The number of rotatable bonds is 9. The molecular weight excluding hydrogens is 460 g/mol. The third kappa shape index (κ3) is 6.66. The van der Waals surface area contributed by atoms with Gasteiger partial charge in [-0.1, -0.05) is 55.8 Å². The molecule has 7 nitrogen and oxygen atoms in total. The highest BCUT2D eigenvalue weighted by molar-refractivity contribution is 7.88. The Kier molecular flexibility index (Phi) is 7.94. The maximum absolute atomic E-state index is 12.9. The van der Waals surface area contributed by atoms with Gasteiger partial charge in [-0.3, -0.25) is 4.79 Å². The Balaban J connectivity index is 1.70. The van der Waals surface area contributed by atoms with Crippen LogP contribution in [0.25, 0.3) is 5.69 Å². The first-order chi connectivity index (χ1) is 15.6. The molecule has 0 radical (unpaired) electrons. The van der Waals surface area contributed by atoms with Crippen LogP contribution in [0.2, 0.25) is 5.02 Å². The normalized spacial score (nSPS) is 11.8. The molecule has 9 heteroatoms. The summed E-state index contributed by atoms with van der Waals surface area (Å²) in [7, 11) is -3.38. The van der Waals surface area contributed by atoms with Crippen molar-refractivity contribution in [1.82, 2.24) is 19.8 Å². The van der Waals surface area contributed by atoms with Crippen LogP contribution in [0.4, 0.5) is 0 Å². The molecule has 0 spiro atoms. The van der Waals surface area contributed by atoms with Crippen molar-refractivity contribution in [2.45, 2.75) is 52.0 Å². The van der Waals surface area contributed by atoms with E-state index in [0.29, 0.717) is 22.7 Å². The van der Waals surface area contributed by atoms with E-state index in [1.54, 1.807) is 49.0 Å². The number of carbonyl (C=O) groups is 1. The maximum atomic E-state index is 12.9. The van der Waals surface area contributed by atoms with Gasteiger partial charge in [0.1, 0.15) is 0 Å². The second-order valence-electron chi connectivity index (χ2n) is 8.52. The van der Waals surface area contributed by atoms with Gasteiger partial charge in [0.05, 0.1) is 28.9 Å². The van der Waals surface area contributed by atoms with Crippen molar-refractivity contribution in [3.8, 4) is 5.69 Å². The summed E-state index contributed by atoms with van der Waals surface area (Å²) in [6.45, 7) is 7.90. The monoisotopic (exact) mass is 488 g/mol. The first kappa shape index (κ1) is 25.0. The Hall–Kier alpha value is -2.68. The Morgan fingerprint density at radius 3 is 2.33 bits per heavy atom. The Morgan fingerprint density at radius 2 is 1.73 bits per heavy atom. The van der Waals surface area contributed by atoms with E-state index in [9.17, 15) is 13.2 Å². The zero-order chi connectivity index (χ0) is 24.2. The average molecular weight is 489 g/mol. The molecule has 0 aliphatic heterocycles. The molecule has 0 unspecified atom stereocenters. The van der Waals surface area contributed by atoms with Crippen LogP contribution in [0, 0.1) is 0 Å². The lowest BCUT2D eigenvalue weighted by molar-refractivity contribution is 0.0949. The van der Waals surface area contributed by atoms with Crippen molar-refractivity contribution >= 4 is 27.5 Å². The molecule has 1 amide bonds. The number of sulfonamides is 1. The van der Waals surface area contributed by atoms with Crippen LogP contribution in [0.15, 0.2) is 54.7 Å². The van der Waals surface area contributed by atoms with Crippen molar-refractivity contribution in [2.24, 2.45) is 0 Å². The fourth-order valence-corrected chi connectivity index (χ4v) is 5.17. The van der Waals surface area contributed by atoms with Gasteiger partial charge in [-0.25, -0.2) is 17.8 Å². The van der Waals surface area contributed by atoms with Gasteiger partial charge in [-0.15, -0.1) is 0 Å². The predicted molar refractivity (Wildman–Crippen MR) is 131 cm³/mol. The maximum Gasteiger partial charge on any atom is 0.255 e. The standard InChI is InChI=1S/C24H29ClN4O3S/c1-16(2)23-22(14-27-29(23)21-7-5-6-20(25)12-21)24(30)26-13-18-8-10-19(11-9-18)15-33(31,32)28-17(3)4/h5-12,14,16-17,28H,13,15H2,1-4H3,(H,26,30). The molecule has 1 aromatic heterocycles. The van der Waals surface area contributed by atoms with Gasteiger partial charge >= 0.3 is 0 Å². The number of nitrogens with zero attached hydrogens (tertiary/aromatic N) is 2. The zero-order valence-corrected chi connectivity index (χ0v) is 20.7.